The summed E-state index contributed by atoms with van der Waals surface area (Å²) in [7, 11) is 0. The lowest BCUT2D eigenvalue weighted by molar-refractivity contribution is -0.116. The zero-order valence-electron chi connectivity index (χ0n) is 14.9. The minimum atomic E-state index is -0.153. The van der Waals surface area contributed by atoms with Crippen LogP contribution in [0.5, 0.6) is 11.5 Å². The maximum atomic E-state index is 12.4. The van der Waals surface area contributed by atoms with E-state index in [2.05, 4.69) is 15.5 Å². The molecule has 6 nitrogen and oxygen atoms in total. The zero-order chi connectivity index (χ0) is 19.2. The zero-order valence-corrected chi connectivity index (χ0v) is 15.7. The molecular weight excluding hydrogens is 374 g/mol. The second-order valence-electron chi connectivity index (χ2n) is 5.95. The Morgan fingerprint density at radius 2 is 1.86 bits per heavy atom. The minimum Gasteiger partial charge on any atom is -0.455 e. The summed E-state index contributed by atoms with van der Waals surface area (Å²) in [5, 5.41) is 8.79. The molecule has 28 heavy (non-hydrogen) atoms. The van der Waals surface area contributed by atoms with Crippen molar-refractivity contribution in [3.05, 3.63) is 78.0 Å². The van der Waals surface area contributed by atoms with E-state index in [4.69, 9.17) is 9.26 Å². The van der Waals surface area contributed by atoms with Crippen LogP contribution in [0.4, 0.5) is 5.69 Å². The number of nitrogens with zero attached hydrogens (tertiary/aromatic N) is 2. The Morgan fingerprint density at radius 3 is 2.68 bits per heavy atom. The Bertz CT molecular complexity index is 1050. The van der Waals surface area contributed by atoms with Crippen molar-refractivity contribution in [1.82, 2.24) is 10.1 Å². The summed E-state index contributed by atoms with van der Waals surface area (Å²) in [6, 6.07) is 20.6. The van der Waals surface area contributed by atoms with Gasteiger partial charge in [0.25, 0.3) is 0 Å². The lowest BCUT2D eigenvalue weighted by Crippen LogP contribution is -2.13. The summed E-state index contributed by atoms with van der Waals surface area (Å²) in [6.07, 6.45) is 0.595. The van der Waals surface area contributed by atoms with Gasteiger partial charge in [-0.2, -0.15) is 4.98 Å². The fourth-order valence-electron chi connectivity index (χ4n) is 2.57. The molecule has 2 aromatic heterocycles. The first kappa shape index (κ1) is 17.9. The van der Waals surface area contributed by atoms with Gasteiger partial charge in [0.2, 0.25) is 17.6 Å². The van der Waals surface area contributed by atoms with Gasteiger partial charge in [-0.3, -0.25) is 4.79 Å². The third-order valence-corrected chi connectivity index (χ3v) is 4.77. The molecule has 2 aromatic carbocycles. The molecular formula is C21H17N3O3S. The molecule has 0 aliphatic heterocycles. The summed E-state index contributed by atoms with van der Waals surface area (Å²) in [5.41, 5.74) is 0.612. The smallest absolute Gasteiger partial charge is 0.227 e. The SMILES string of the molecule is O=C(CCc1nc(-c2cccs2)no1)Nc1ccccc1Oc1ccccc1. The molecule has 1 N–H and O–H groups in total. The summed E-state index contributed by atoms with van der Waals surface area (Å²) in [4.78, 5) is 17.6. The van der Waals surface area contributed by atoms with E-state index in [0.717, 1.165) is 4.88 Å². The van der Waals surface area contributed by atoms with Crippen molar-refractivity contribution >= 4 is 22.9 Å². The molecule has 1 amide bonds. The Balaban J connectivity index is 1.36. The van der Waals surface area contributed by atoms with E-state index in [9.17, 15) is 4.79 Å². The molecule has 0 aliphatic carbocycles. The highest BCUT2D eigenvalue weighted by atomic mass is 32.1. The number of aryl methyl sites for hydroxylation is 1. The van der Waals surface area contributed by atoms with Crippen LogP contribution in [-0.2, 0) is 11.2 Å². The fraction of sp³-hybridized carbons (Fsp3) is 0.0952. The fourth-order valence-corrected chi connectivity index (χ4v) is 3.22. The van der Waals surface area contributed by atoms with Gasteiger partial charge in [0.15, 0.2) is 5.75 Å². The number of thiophene rings is 1. The van der Waals surface area contributed by atoms with Gasteiger partial charge >= 0.3 is 0 Å². The van der Waals surface area contributed by atoms with Crippen molar-refractivity contribution in [3.8, 4) is 22.2 Å². The number of carbonyl (C=O) groups excluding carboxylic acids is 1. The first-order chi connectivity index (χ1) is 13.8. The second kappa shape index (κ2) is 8.49. The molecule has 0 unspecified atom stereocenters. The number of nitrogens with one attached hydrogen (secondary N) is 1. The number of carbonyl (C=O) groups is 1. The number of ether oxygens (including phenoxy) is 1. The van der Waals surface area contributed by atoms with Crippen LogP contribution in [0.2, 0.25) is 0 Å². The average molecular weight is 391 g/mol. The molecule has 0 spiro atoms. The van der Waals surface area contributed by atoms with Crippen molar-refractivity contribution in [3.63, 3.8) is 0 Å². The van der Waals surface area contributed by atoms with Crippen LogP contribution in [0.1, 0.15) is 12.3 Å². The van der Waals surface area contributed by atoms with E-state index in [1.165, 1.54) is 11.3 Å². The minimum absolute atomic E-state index is 0.153. The Labute approximate surface area is 165 Å². The number of hydrogen-bond donors (Lipinski definition) is 1. The van der Waals surface area contributed by atoms with Crippen LogP contribution in [0, 0.1) is 0 Å². The number of hydrogen-bond acceptors (Lipinski definition) is 6. The molecule has 0 radical (unpaired) electrons. The predicted molar refractivity (Wildman–Crippen MR) is 108 cm³/mol. The van der Waals surface area contributed by atoms with Crippen molar-refractivity contribution in [1.29, 1.82) is 0 Å². The molecule has 0 saturated carbocycles. The third kappa shape index (κ3) is 4.44. The van der Waals surface area contributed by atoms with Gasteiger partial charge in [0.1, 0.15) is 5.75 Å². The van der Waals surface area contributed by atoms with Crippen LogP contribution in [0.3, 0.4) is 0 Å². The standard InChI is InChI=1S/C21H17N3O3S/c25-19(12-13-20-23-21(24-27-20)18-11-6-14-28-18)22-16-9-4-5-10-17(16)26-15-7-2-1-3-8-15/h1-11,14H,12-13H2,(H,22,25). The highest BCUT2D eigenvalue weighted by Gasteiger charge is 2.13. The lowest BCUT2D eigenvalue weighted by Gasteiger charge is -2.11. The van der Waals surface area contributed by atoms with Gasteiger partial charge < -0.3 is 14.6 Å². The summed E-state index contributed by atoms with van der Waals surface area (Å²) >= 11 is 1.54. The first-order valence-corrected chi connectivity index (χ1v) is 9.64. The highest BCUT2D eigenvalue weighted by Crippen LogP contribution is 2.29. The Morgan fingerprint density at radius 1 is 1.04 bits per heavy atom. The van der Waals surface area contributed by atoms with Crippen molar-refractivity contribution in [2.45, 2.75) is 12.8 Å². The number of amides is 1. The average Bonchev–Trinajstić information content (AvgIpc) is 3.40. The molecule has 0 saturated heterocycles. The molecule has 0 atom stereocenters. The van der Waals surface area contributed by atoms with Gasteiger partial charge in [0.05, 0.1) is 10.6 Å². The van der Waals surface area contributed by atoms with Crippen LogP contribution < -0.4 is 10.1 Å². The molecule has 140 valence electrons. The van der Waals surface area contributed by atoms with Crippen LogP contribution >= 0.6 is 11.3 Å². The third-order valence-electron chi connectivity index (χ3n) is 3.91. The summed E-state index contributed by atoms with van der Waals surface area (Å²) in [6.45, 7) is 0. The predicted octanol–water partition coefficient (Wildman–Crippen LogP) is 5.16. The van der Waals surface area contributed by atoms with Crippen molar-refractivity contribution in [2.75, 3.05) is 5.32 Å². The molecule has 4 rings (SSSR count). The maximum absolute atomic E-state index is 12.4. The van der Waals surface area contributed by atoms with Crippen molar-refractivity contribution < 1.29 is 14.1 Å². The highest BCUT2D eigenvalue weighted by molar-refractivity contribution is 7.13. The van der Waals surface area contributed by atoms with Gasteiger partial charge in [-0.05, 0) is 35.7 Å². The maximum Gasteiger partial charge on any atom is 0.227 e. The van der Waals surface area contributed by atoms with E-state index < -0.39 is 0 Å². The molecule has 2 heterocycles. The number of rotatable bonds is 7. The van der Waals surface area contributed by atoms with E-state index in [1.54, 1.807) is 6.07 Å². The topological polar surface area (TPSA) is 77.2 Å². The second-order valence-corrected chi connectivity index (χ2v) is 6.90. The van der Waals surface area contributed by atoms with E-state index in [-0.39, 0.29) is 12.3 Å². The van der Waals surface area contributed by atoms with Crippen LogP contribution in [0.15, 0.2) is 76.6 Å². The lowest BCUT2D eigenvalue weighted by atomic mass is 10.2. The van der Waals surface area contributed by atoms with Gasteiger partial charge in [-0.1, -0.05) is 41.6 Å². The van der Waals surface area contributed by atoms with Gasteiger partial charge in [-0.25, -0.2) is 0 Å². The van der Waals surface area contributed by atoms with Gasteiger partial charge in [0, 0.05) is 12.8 Å². The number of anilines is 1. The van der Waals surface area contributed by atoms with Gasteiger partial charge in [-0.15, -0.1) is 11.3 Å². The monoisotopic (exact) mass is 391 g/mol. The quantitative estimate of drug-likeness (QED) is 0.471. The first-order valence-electron chi connectivity index (χ1n) is 8.76. The molecule has 0 bridgehead atoms. The Kier molecular flexibility index (Phi) is 5.44. The molecule has 0 aliphatic rings. The molecule has 7 heteroatoms. The number of aromatic nitrogens is 2. The van der Waals surface area contributed by atoms with Crippen LogP contribution in [-0.4, -0.2) is 16.0 Å². The number of benzene rings is 2. The van der Waals surface area contributed by atoms with E-state index in [1.807, 2.05) is 66.0 Å². The largest absolute Gasteiger partial charge is 0.455 e. The summed E-state index contributed by atoms with van der Waals surface area (Å²) < 4.78 is 11.1. The van der Waals surface area contributed by atoms with E-state index in [0.29, 0.717) is 35.3 Å². The normalized spacial score (nSPS) is 10.6. The van der Waals surface area contributed by atoms with E-state index >= 15 is 0 Å². The summed E-state index contributed by atoms with van der Waals surface area (Å²) in [5.74, 6) is 2.12. The van der Waals surface area contributed by atoms with Crippen molar-refractivity contribution in [2.24, 2.45) is 0 Å². The number of para-hydroxylation sites is 3. The van der Waals surface area contributed by atoms with Crippen LogP contribution in [0.25, 0.3) is 10.7 Å². The molecule has 4 aromatic rings. The Hall–Kier alpha value is -3.45. The molecule has 0 fully saturated rings.